The summed E-state index contributed by atoms with van der Waals surface area (Å²) in [7, 11) is 0. The minimum atomic E-state index is -0.114. The first-order valence-corrected chi connectivity index (χ1v) is 38.0. The SMILES string of the molecule is Cc1c(-c2ccc3c(c2)C2C(=C3)C(c3ccccc3)c3ccc(-c4ccccc4)cc32)c(C2c3ccc(C(C)(C)C)cc3-c3cc(C(C)(C)C)ccc32)cc(C2c3ccc(C(C)(C)C)cc3-c3cc(C(C)(C)C)ccc32)c1-c1ccc2nc3n(-c4ccccc4)c4ccc(-c5ccccc5)cc4n3c2c1. The van der Waals surface area contributed by atoms with Crippen LogP contribution in [0.2, 0.25) is 0 Å². The average Bonchev–Trinajstić information content (AvgIpc) is 1.60. The number of fused-ring (bicyclic) bond motifs is 16. The predicted molar refractivity (Wildman–Crippen MR) is 441 cm³/mol. The van der Waals surface area contributed by atoms with E-state index in [9.17, 15) is 0 Å². The Hall–Kier alpha value is -11.1. The van der Waals surface area contributed by atoms with Crippen molar-refractivity contribution in [2.24, 2.45) is 0 Å². The number of hydrogen-bond donors (Lipinski definition) is 0. The molecule has 0 spiro atoms. The van der Waals surface area contributed by atoms with Crippen LogP contribution in [0.5, 0.6) is 0 Å². The zero-order valence-corrected chi connectivity index (χ0v) is 62.7. The van der Waals surface area contributed by atoms with E-state index in [2.05, 4.69) is 378 Å². The van der Waals surface area contributed by atoms with Crippen LogP contribution < -0.4 is 0 Å². The molecule has 0 amide bonds. The number of rotatable bonds is 8. The molecule has 2 aromatic heterocycles. The summed E-state index contributed by atoms with van der Waals surface area (Å²) in [6.07, 6.45) is 2.55. The summed E-state index contributed by atoms with van der Waals surface area (Å²) < 4.78 is 4.80. The maximum atomic E-state index is 5.66. The lowest BCUT2D eigenvalue weighted by Gasteiger charge is -2.29. The molecular formula is C102H89N3. The summed E-state index contributed by atoms with van der Waals surface area (Å²) in [6.45, 7) is 30.8. The molecule has 4 aliphatic rings. The average molecular weight is 1360 g/mol. The fourth-order valence-corrected chi connectivity index (χ4v) is 18.6. The third kappa shape index (κ3) is 10.3. The molecule has 0 saturated carbocycles. The van der Waals surface area contributed by atoms with E-state index >= 15 is 0 Å². The van der Waals surface area contributed by atoms with Crippen molar-refractivity contribution in [1.29, 1.82) is 0 Å². The number of hydrogen-bond acceptors (Lipinski definition) is 1. The van der Waals surface area contributed by atoms with E-state index in [0.29, 0.717) is 0 Å². The van der Waals surface area contributed by atoms with Gasteiger partial charge in [-0.3, -0.25) is 8.97 Å². The molecule has 4 aliphatic carbocycles. The highest BCUT2D eigenvalue weighted by atomic mass is 15.2. The standard InChI is InChI=1S/C102H89N3/c1-60-92(67-35-34-66-51-85-94(63-30-22-16-23-31-63)78-43-36-64(61-26-18-14-19-27-61)50-84(78)97(85)79(66)52-67)86(95-74-44-39-69(99(2,3)4)55-80(74)81-56-70(100(5,6)7)40-45-75(81)95)59-87(96-76-46-41-71(101(8,9)10)57-82(76)83-58-72(102(11,12)13)42-47-77(83)96)93(60)68-37-48-88-90(54-68)105-91-53-65(62-28-20-15-21-29-62)38-49-89(91)104(98(105)103-88)73-32-24-17-25-33-73/h14-59,94-97H,1-13H3. The number of aromatic nitrogens is 3. The van der Waals surface area contributed by atoms with Crippen LogP contribution in [0.1, 0.15) is 196 Å². The van der Waals surface area contributed by atoms with Crippen molar-refractivity contribution in [1.82, 2.24) is 14.0 Å². The molecule has 105 heavy (non-hydrogen) atoms. The monoisotopic (exact) mass is 1360 g/mol. The fourth-order valence-electron chi connectivity index (χ4n) is 18.6. The number of nitrogens with zero attached hydrogens (tertiary/aromatic N) is 3. The molecule has 3 heteroatoms. The van der Waals surface area contributed by atoms with Gasteiger partial charge in [-0.05, 0) is 238 Å². The van der Waals surface area contributed by atoms with Gasteiger partial charge in [0.25, 0.3) is 0 Å². The van der Waals surface area contributed by atoms with Gasteiger partial charge in [0, 0.05) is 29.4 Å². The van der Waals surface area contributed by atoms with Crippen LogP contribution in [-0.2, 0) is 21.7 Å². The maximum absolute atomic E-state index is 5.66. The molecule has 0 bridgehead atoms. The Labute approximate surface area is 619 Å². The van der Waals surface area contributed by atoms with E-state index in [4.69, 9.17) is 4.98 Å². The zero-order chi connectivity index (χ0) is 71.9. The Kier molecular flexibility index (Phi) is 14.4. The highest BCUT2D eigenvalue weighted by Crippen LogP contribution is 2.61. The van der Waals surface area contributed by atoms with Crippen molar-refractivity contribution in [2.45, 2.75) is 135 Å². The second kappa shape index (κ2) is 23.4. The highest BCUT2D eigenvalue weighted by molar-refractivity contribution is 5.99. The second-order valence-corrected chi connectivity index (χ2v) is 34.7. The number of allylic oxidation sites excluding steroid dienone is 1. The van der Waals surface area contributed by atoms with E-state index in [1.54, 1.807) is 0 Å². The third-order valence-electron chi connectivity index (χ3n) is 24.1. The van der Waals surface area contributed by atoms with E-state index in [-0.39, 0.29) is 45.3 Å². The molecule has 2 heterocycles. The number of para-hydroxylation sites is 1. The quantitative estimate of drug-likeness (QED) is 0.149. The lowest BCUT2D eigenvalue weighted by atomic mass is 9.74. The third-order valence-corrected chi connectivity index (χ3v) is 24.1. The van der Waals surface area contributed by atoms with Crippen molar-refractivity contribution in [3.63, 3.8) is 0 Å². The van der Waals surface area contributed by atoms with Crippen LogP contribution in [0.3, 0.4) is 0 Å². The minimum Gasteiger partial charge on any atom is -0.278 e. The van der Waals surface area contributed by atoms with Crippen molar-refractivity contribution in [3.05, 3.63) is 368 Å². The van der Waals surface area contributed by atoms with E-state index in [1.807, 2.05) is 0 Å². The normalized spacial score (nSPS) is 15.5. The van der Waals surface area contributed by atoms with E-state index < -0.39 is 0 Å². The summed E-state index contributed by atoms with van der Waals surface area (Å²) in [5, 5.41) is 0. The van der Waals surface area contributed by atoms with Gasteiger partial charge in [0.05, 0.1) is 22.1 Å². The Balaban J connectivity index is 0.931. The van der Waals surface area contributed by atoms with Crippen molar-refractivity contribution in [3.8, 4) is 72.4 Å². The first-order chi connectivity index (χ1) is 50.5. The van der Waals surface area contributed by atoms with Crippen LogP contribution in [0.4, 0.5) is 0 Å². The predicted octanol–water partition coefficient (Wildman–Crippen LogP) is 26.6. The van der Waals surface area contributed by atoms with Gasteiger partial charge in [0.15, 0.2) is 0 Å². The van der Waals surface area contributed by atoms with Gasteiger partial charge in [-0.15, -0.1) is 0 Å². The number of benzene rings is 13. The van der Waals surface area contributed by atoms with Crippen LogP contribution in [0, 0.1) is 6.92 Å². The molecule has 0 saturated heterocycles. The molecule has 13 aromatic carbocycles. The molecule has 15 aromatic rings. The first-order valence-electron chi connectivity index (χ1n) is 38.0. The molecule has 512 valence electrons. The van der Waals surface area contributed by atoms with Crippen molar-refractivity contribution in [2.75, 3.05) is 0 Å². The van der Waals surface area contributed by atoms with Crippen LogP contribution in [-0.4, -0.2) is 14.0 Å². The zero-order valence-electron chi connectivity index (χ0n) is 62.7. The van der Waals surface area contributed by atoms with Gasteiger partial charge in [0.1, 0.15) is 0 Å². The number of imidazole rings is 2. The van der Waals surface area contributed by atoms with E-state index in [1.165, 1.54) is 161 Å². The van der Waals surface area contributed by atoms with Gasteiger partial charge in [-0.1, -0.05) is 314 Å². The lowest BCUT2D eigenvalue weighted by molar-refractivity contribution is 0.589. The molecule has 0 radical (unpaired) electrons. The maximum Gasteiger partial charge on any atom is 0.220 e. The van der Waals surface area contributed by atoms with Gasteiger partial charge in [-0.25, -0.2) is 4.98 Å². The van der Waals surface area contributed by atoms with Gasteiger partial charge in [0.2, 0.25) is 5.78 Å². The Morgan fingerprint density at radius 2 is 0.714 bits per heavy atom. The van der Waals surface area contributed by atoms with Crippen LogP contribution in [0.25, 0.3) is 106 Å². The minimum absolute atomic E-state index is 0.0607. The largest absolute Gasteiger partial charge is 0.278 e. The first kappa shape index (κ1) is 64.7. The van der Waals surface area contributed by atoms with E-state index in [0.717, 1.165) is 33.5 Å². The van der Waals surface area contributed by atoms with Gasteiger partial charge in [-0.2, -0.15) is 0 Å². The lowest BCUT2D eigenvalue weighted by Crippen LogP contribution is -2.13. The molecule has 0 N–H and O–H groups in total. The van der Waals surface area contributed by atoms with Crippen molar-refractivity contribution >= 4 is 33.9 Å². The summed E-state index contributed by atoms with van der Waals surface area (Å²) in [4.78, 5) is 5.66. The molecule has 0 aliphatic heterocycles. The van der Waals surface area contributed by atoms with Gasteiger partial charge < -0.3 is 0 Å². The Bertz CT molecular complexity index is 6000. The Morgan fingerprint density at radius 1 is 0.295 bits per heavy atom. The van der Waals surface area contributed by atoms with Crippen LogP contribution >= 0.6 is 0 Å². The molecule has 2 atom stereocenters. The smallest absolute Gasteiger partial charge is 0.220 e. The summed E-state index contributed by atoms with van der Waals surface area (Å²) in [5.74, 6) is 0.871. The summed E-state index contributed by atoms with van der Waals surface area (Å²) in [6, 6.07) is 106. The summed E-state index contributed by atoms with van der Waals surface area (Å²) in [5.41, 5.74) is 43.2. The molecule has 19 rings (SSSR count). The van der Waals surface area contributed by atoms with Crippen LogP contribution in [0.15, 0.2) is 279 Å². The summed E-state index contributed by atoms with van der Waals surface area (Å²) >= 11 is 0. The Morgan fingerprint density at radius 3 is 1.22 bits per heavy atom. The molecule has 0 fully saturated rings. The molecular weight excluding hydrogens is 1270 g/mol. The topological polar surface area (TPSA) is 22.2 Å². The highest BCUT2D eigenvalue weighted by Gasteiger charge is 2.44. The molecule has 2 unspecified atom stereocenters. The van der Waals surface area contributed by atoms with Gasteiger partial charge >= 0.3 is 0 Å². The fraction of sp³-hybridized carbons (Fsp3) is 0.206. The van der Waals surface area contributed by atoms with Crippen molar-refractivity contribution < 1.29 is 0 Å². The molecule has 3 nitrogen and oxygen atoms in total. The second-order valence-electron chi connectivity index (χ2n) is 34.7.